The van der Waals surface area contributed by atoms with E-state index in [9.17, 15) is 13.6 Å². The average Bonchev–Trinajstić information content (AvgIpc) is 2.59. The second-order valence-corrected chi connectivity index (χ2v) is 5.60. The lowest BCUT2D eigenvalue weighted by atomic mass is 9.88. The van der Waals surface area contributed by atoms with Gasteiger partial charge in [-0.25, -0.2) is 8.78 Å². The molecule has 18 heavy (non-hydrogen) atoms. The first-order valence-corrected chi connectivity index (χ1v) is 5.97. The SMILES string of the molecule is CC1(C)CCN2C(=O)c3cc(F)c(F)cc3NC21. The molecular weight excluding hydrogens is 238 g/mol. The van der Waals surface area contributed by atoms with Gasteiger partial charge < -0.3 is 10.2 Å². The number of fused-ring (bicyclic) bond motifs is 2. The number of nitrogens with one attached hydrogen (secondary N) is 1. The van der Waals surface area contributed by atoms with E-state index in [2.05, 4.69) is 19.2 Å². The minimum Gasteiger partial charge on any atom is -0.364 e. The van der Waals surface area contributed by atoms with Crippen LogP contribution in [0.5, 0.6) is 0 Å². The zero-order chi connectivity index (χ0) is 13.1. The summed E-state index contributed by atoms with van der Waals surface area (Å²) in [5, 5.41) is 3.15. The summed E-state index contributed by atoms with van der Waals surface area (Å²) in [6, 6.07) is 2.04. The zero-order valence-electron chi connectivity index (χ0n) is 10.3. The summed E-state index contributed by atoms with van der Waals surface area (Å²) in [5.74, 6) is -2.14. The van der Waals surface area contributed by atoms with Crippen LogP contribution in [0.15, 0.2) is 12.1 Å². The van der Waals surface area contributed by atoms with Crippen molar-refractivity contribution in [3.8, 4) is 0 Å². The number of hydrogen-bond acceptors (Lipinski definition) is 2. The quantitative estimate of drug-likeness (QED) is 0.769. The number of halogens is 2. The molecule has 1 aromatic carbocycles. The van der Waals surface area contributed by atoms with E-state index in [0.29, 0.717) is 12.2 Å². The van der Waals surface area contributed by atoms with E-state index in [1.165, 1.54) is 0 Å². The van der Waals surface area contributed by atoms with E-state index in [-0.39, 0.29) is 23.1 Å². The summed E-state index contributed by atoms with van der Waals surface area (Å²) in [6.45, 7) is 4.76. The Morgan fingerprint density at radius 3 is 2.72 bits per heavy atom. The van der Waals surface area contributed by atoms with Crippen LogP contribution in [0.2, 0.25) is 0 Å². The van der Waals surface area contributed by atoms with Gasteiger partial charge in [0.15, 0.2) is 11.6 Å². The first kappa shape index (κ1) is 11.4. The van der Waals surface area contributed by atoms with Crippen molar-refractivity contribution in [1.82, 2.24) is 4.90 Å². The lowest BCUT2D eigenvalue weighted by molar-refractivity contribution is 0.0698. The summed E-state index contributed by atoms with van der Waals surface area (Å²) >= 11 is 0. The van der Waals surface area contributed by atoms with Crippen molar-refractivity contribution < 1.29 is 13.6 Å². The molecule has 1 fully saturated rings. The van der Waals surface area contributed by atoms with Gasteiger partial charge in [-0.15, -0.1) is 0 Å². The number of carbonyl (C=O) groups excluding carboxylic acids is 1. The van der Waals surface area contributed by atoms with Crippen LogP contribution >= 0.6 is 0 Å². The van der Waals surface area contributed by atoms with Crippen LogP contribution in [0.1, 0.15) is 30.6 Å². The Balaban J connectivity index is 2.10. The molecule has 2 aliphatic heterocycles. The molecule has 0 saturated carbocycles. The maximum Gasteiger partial charge on any atom is 0.257 e. The Bertz CT molecular complexity index is 542. The maximum absolute atomic E-state index is 13.2. The van der Waals surface area contributed by atoms with Gasteiger partial charge in [-0.2, -0.15) is 0 Å². The Labute approximate surface area is 104 Å². The highest BCUT2D eigenvalue weighted by Gasteiger charge is 2.46. The highest BCUT2D eigenvalue weighted by Crippen LogP contribution is 2.41. The topological polar surface area (TPSA) is 32.3 Å². The number of benzene rings is 1. The first-order chi connectivity index (χ1) is 8.40. The van der Waals surface area contributed by atoms with E-state index >= 15 is 0 Å². The van der Waals surface area contributed by atoms with Gasteiger partial charge in [-0.05, 0) is 12.5 Å². The molecule has 1 atom stereocenters. The second-order valence-electron chi connectivity index (χ2n) is 5.60. The number of nitrogens with zero attached hydrogens (tertiary/aromatic N) is 1. The van der Waals surface area contributed by atoms with Crippen LogP contribution in [0, 0.1) is 17.0 Å². The van der Waals surface area contributed by atoms with Crippen LogP contribution in [0.4, 0.5) is 14.5 Å². The van der Waals surface area contributed by atoms with Gasteiger partial charge in [0.25, 0.3) is 5.91 Å². The Morgan fingerprint density at radius 2 is 2.00 bits per heavy atom. The van der Waals surface area contributed by atoms with Gasteiger partial charge in [0.2, 0.25) is 0 Å². The Kier molecular flexibility index (Phi) is 2.18. The molecular formula is C13H14F2N2O. The van der Waals surface area contributed by atoms with Crippen molar-refractivity contribution in [2.24, 2.45) is 5.41 Å². The van der Waals surface area contributed by atoms with Crippen molar-refractivity contribution in [2.45, 2.75) is 26.4 Å². The van der Waals surface area contributed by atoms with E-state index in [0.717, 1.165) is 18.6 Å². The minimum atomic E-state index is -0.985. The third-order valence-corrected chi connectivity index (χ3v) is 3.89. The molecule has 0 radical (unpaired) electrons. The fourth-order valence-electron chi connectivity index (χ4n) is 2.73. The predicted octanol–water partition coefficient (Wildman–Crippen LogP) is 2.59. The highest BCUT2D eigenvalue weighted by molar-refractivity contribution is 6.02. The number of amides is 1. The maximum atomic E-state index is 13.2. The fraction of sp³-hybridized carbons (Fsp3) is 0.462. The summed E-state index contributed by atoms with van der Waals surface area (Å²) in [4.78, 5) is 13.9. The van der Waals surface area contributed by atoms with Gasteiger partial charge in [-0.3, -0.25) is 4.79 Å². The zero-order valence-corrected chi connectivity index (χ0v) is 10.3. The molecule has 2 aliphatic rings. The first-order valence-electron chi connectivity index (χ1n) is 5.97. The van der Waals surface area contributed by atoms with Gasteiger partial charge >= 0.3 is 0 Å². The molecule has 3 rings (SSSR count). The molecule has 1 aromatic rings. The molecule has 3 nitrogen and oxygen atoms in total. The molecule has 2 heterocycles. The molecule has 5 heteroatoms. The number of carbonyl (C=O) groups is 1. The van der Waals surface area contributed by atoms with Crippen molar-refractivity contribution >= 4 is 11.6 Å². The van der Waals surface area contributed by atoms with E-state index < -0.39 is 11.6 Å². The van der Waals surface area contributed by atoms with Crippen LogP contribution in [0.3, 0.4) is 0 Å². The standard InChI is InChI=1S/C13H14F2N2O/c1-13(2)3-4-17-11(18)7-5-8(14)9(15)6-10(7)16-12(13)17/h5-6,12,16H,3-4H2,1-2H3. The van der Waals surface area contributed by atoms with E-state index in [4.69, 9.17) is 0 Å². The molecule has 96 valence electrons. The number of rotatable bonds is 0. The molecule has 0 spiro atoms. The van der Waals surface area contributed by atoms with Gasteiger partial charge in [-0.1, -0.05) is 13.8 Å². The average molecular weight is 252 g/mol. The van der Waals surface area contributed by atoms with Crippen LogP contribution in [-0.2, 0) is 0 Å². The normalized spacial score (nSPS) is 24.6. The van der Waals surface area contributed by atoms with Gasteiger partial charge in [0.05, 0.1) is 11.3 Å². The van der Waals surface area contributed by atoms with E-state index in [1.54, 1.807) is 4.90 Å². The van der Waals surface area contributed by atoms with Crippen LogP contribution in [-0.4, -0.2) is 23.5 Å². The van der Waals surface area contributed by atoms with Crippen molar-refractivity contribution in [1.29, 1.82) is 0 Å². The third-order valence-electron chi connectivity index (χ3n) is 3.89. The smallest absolute Gasteiger partial charge is 0.257 e. The summed E-state index contributed by atoms with van der Waals surface area (Å²) in [5.41, 5.74) is 0.524. The Hall–Kier alpha value is -1.65. The molecule has 0 aliphatic carbocycles. The number of hydrogen-bond donors (Lipinski definition) is 1. The van der Waals surface area contributed by atoms with Gasteiger partial charge in [0.1, 0.15) is 6.17 Å². The Morgan fingerprint density at radius 1 is 1.33 bits per heavy atom. The lowest BCUT2D eigenvalue weighted by Gasteiger charge is -2.38. The second kappa shape index (κ2) is 3.43. The summed E-state index contributed by atoms with van der Waals surface area (Å²) in [6.07, 6.45) is 0.720. The van der Waals surface area contributed by atoms with Crippen molar-refractivity contribution in [2.75, 3.05) is 11.9 Å². The third kappa shape index (κ3) is 1.43. The summed E-state index contributed by atoms with van der Waals surface area (Å²) in [7, 11) is 0. The highest BCUT2D eigenvalue weighted by atomic mass is 19.2. The largest absolute Gasteiger partial charge is 0.364 e. The van der Waals surface area contributed by atoms with Crippen molar-refractivity contribution in [3.63, 3.8) is 0 Å². The molecule has 1 saturated heterocycles. The minimum absolute atomic E-state index is 0.0712. The van der Waals surface area contributed by atoms with Crippen LogP contribution < -0.4 is 5.32 Å². The molecule has 0 aromatic heterocycles. The molecule has 1 amide bonds. The molecule has 0 bridgehead atoms. The number of anilines is 1. The van der Waals surface area contributed by atoms with Crippen molar-refractivity contribution in [3.05, 3.63) is 29.3 Å². The van der Waals surface area contributed by atoms with Crippen LogP contribution in [0.25, 0.3) is 0 Å². The van der Waals surface area contributed by atoms with E-state index in [1.807, 2.05) is 0 Å². The van der Waals surface area contributed by atoms with Gasteiger partial charge in [0, 0.05) is 18.0 Å². The molecule has 1 unspecified atom stereocenters. The molecule has 1 N–H and O–H groups in total. The lowest BCUT2D eigenvalue weighted by Crippen LogP contribution is -2.49. The predicted molar refractivity (Wildman–Crippen MR) is 63.2 cm³/mol. The summed E-state index contributed by atoms with van der Waals surface area (Å²) < 4.78 is 26.4. The fourth-order valence-corrected chi connectivity index (χ4v) is 2.73. The monoisotopic (exact) mass is 252 g/mol.